The Morgan fingerprint density at radius 1 is 1.50 bits per heavy atom. The molecule has 0 fully saturated rings. The zero-order valence-corrected chi connectivity index (χ0v) is 12.3. The van der Waals surface area contributed by atoms with Crippen LogP contribution in [0.15, 0.2) is 17.2 Å². The molecule has 7 heteroatoms. The third-order valence-corrected chi connectivity index (χ3v) is 4.36. The van der Waals surface area contributed by atoms with Crippen LogP contribution in [0.1, 0.15) is 20.3 Å². The van der Waals surface area contributed by atoms with Crippen molar-refractivity contribution >= 4 is 27.4 Å². The zero-order chi connectivity index (χ0) is 13.8. The maximum Gasteiger partial charge on any atom is 0.242 e. The maximum absolute atomic E-state index is 12.0. The van der Waals surface area contributed by atoms with Crippen LogP contribution >= 0.6 is 11.6 Å². The summed E-state index contributed by atoms with van der Waals surface area (Å²) in [5.74, 6) is 0.748. The highest BCUT2D eigenvalue weighted by Crippen LogP contribution is 2.21. The number of hydrogen-bond acceptors (Lipinski definition) is 4. The van der Waals surface area contributed by atoms with Gasteiger partial charge < -0.3 is 5.32 Å². The van der Waals surface area contributed by atoms with Crippen LogP contribution in [0.5, 0.6) is 0 Å². The van der Waals surface area contributed by atoms with E-state index in [4.69, 9.17) is 11.6 Å². The van der Waals surface area contributed by atoms with Crippen LogP contribution in [0.2, 0.25) is 5.02 Å². The molecule has 18 heavy (non-hydrogen) atoms. The van der Waals surface area contributed by atoms with Gasteiger partial charge in [0.05, 0.1) is 5.02 Å². The molecule has 0 aromatic carbocycles. The minimum absolute atomic E-state index is 0.0785. The van der Waals surface area contributed by atoms with E-state index in [1.807, 2.05) is 13.8 Å². The van der Waals surface area contributed by atoms with Gasteiger partial charge in [0, 0.05) is 19.8 Å². The number of rotatable bonds is 6. The fourth-order valence-electron chi connectivity index (χ4n) is 1.23. The molecule has 2 N–H and O–H groups in total. The van der Waals surface area contributed by atoms with Gasteiger partial charge in [0.1, 0.15) is 10.7 Å². The predicted molar refractivity (Wildman–Crippen MR) is 73.4 cm³/mol. The monoisotopic (exact) mass is 291 g/mol. The molecule has 1 heterocycles. The van der Waals surface area contributed by atoms with Gasteiger partial charge in [0.15, 0.2) is 0 Å². The molecule has 0 amide bonds. The lowest BCUT2D eigenvalue weighted by Crippen LogP contribution is -2.28. The van der Waals surface area contributed by atoms with Crippen LogP contribution < -0.4 is 10.0 Å². The smallest absolute Gasteiger partial charge is 0.242 e. The minimum Gasteiger partial charge on any atom is -0.372 e. The fraction of sp³-hybridized carbons (Fsp3) is 0.545. The first kappa shape index (κ1) is 15.2. The second-order valence-electron chi connectivity index (χ2n) is 4.12. The summed E-state index contributed by atoms with van der Waals surface area (Å²) >= 11 is 5.91. The summed E-state index contributed by atoms with van der Waals surface area (Å²) in [5, 5.41) is 3.06. The number of hydrogen-bond donors (Lipinski definition) is 2. The molecule has 0 saturated carbocycles. The molecule has 1 atom stereocenters. The first-order valence-corrected chi connectivity index (χ1v) is 7.59. The average molecular weight is 292 g/mol. The van der Waals surface area contributed by atoms with E-state index >= 15 is 0 Å². The van der Waals surface area contributed by atoms with Crippen molar-refractivity contribution in [3.05, 3.63) is 17.3 Å². The van der Waals surface area contributed by atoms with Crippen LogP contribution in [-0.2, 0) is 10.0 Å². The molecule has 0 spiro atoms. The molecule has 0 aliphatic carbocycles. The van der Waals surface area contributed by atoms with Crippen molar-refractivity contribution in [2.75, 3.05) is 18.9 Å². The molecular weight excluding hydrogens is 274 g/mol. The van der Waals surface area contributed by atoms with E-state index in [1.165, 1.54) is 12.3 Å². The number of sulfonamides is 1. The molecule has 1 aromatic rings. The molecule has 1 rings (SSSR count). The van der Waals surface area contributed by atoms with Gasteiger partial charge in [-0.05, 0) is 12.0 Å². The topological polar surface area (TPSA) is 71.1 Å². The number of halogens is 1. The van der Waals surface area contributed by atoms with E-state index < -0.39 is 10.0 Å². The zero-order valence-electron chi connectivity index (χ0n) is 10.7. The Bertz CT molecular complexity index is 505. The van der Waals surface area contributed by atoms with Crippen molar-refractivity contribution in [1.29, 1.82) is 0 Å². The molecular formula is C11H18ClN3O2S. The Hall–Kier alpha value is -0.850. The van der Waals surface area contributed by atoms with Gasteiger partial charge in [0.25, 0.3) is 0 Å². The van der Waals surface area contributed by atoms with E-state index in [1.54, 1.807) is 7.05 Å². The molecule has 0 aliphatic heterocycles. The summed E-state index contributed by atoms with van der Waals surface area (Å²) in [6.45, 7) is 4.40. The highest BCUT2D eigenvalue weighted by atomic mass is 35.5. The highest BCUT2D eigenvalue weighted by Gasteiger charge is 2.16. The number of aromatic nitrogens is 1. The van der Waals surface area contributed by atoms with Crippen molar-refractivity contribution in [3.63, 3.8) is 0 Å². The molecule has 0 aliphatic rings. The van der Waals surface area contributed by atoms with Crippen molar-refractivity contribution in [3.8, 4) is 0 Å². The second-order valence-corrected chi connectivity index (χ2v) is 6.29. The number of pyridine rings is 1. The SMILES string of the molecule is CCC(C)CNS(=O)(=O)c1cnc(NC)c(Cl)c1. The third-order valence-electron chi connectivity index (χ3n) is 2.68. The van der Waals surface area contributed by atoms with Crippen LogP contribution in [-0.4, -0.2) is 27.0 Å². The summed E-state index contributed by atoms with van der Waals surface area (Å²) in [7, 11) is -1.87. The molecule has 5 nitrogen and oxygen atoms in total. The van der Waals surface area contributed by atoms with E-state index in [2.05, 4.69) is 15.0 Å². The van der Waals surface area contributed by atoms with Gasteiger partial charge in [-0.25, -0.2) is 18.1 Å². The molecule has 0 radical (unpaired) electrons. The van der Waals surface area contributed by atoms with E-state index in [0.717, 1.165) is 6.42 Å². The van der Waals surface area contributed by atoms with Crippen LogP contribution in [0.3, 0.4) is 0 Å². The maximum atomic E-state index is 12.0. The van der Waals surface area contributed by atoms with Gasteiger partial charge in [-0.2, -0.15) is 0 Å². The average Bonchev–Trinajstić information content (AvgIpc) is 2.35. The second kappa shape index (κ2) is 6.36. The minimum atomic E-state index is -3.54. The largest absolute Gasteiger partial charge is 0.372 e. The lowest BCUT2D eigenvalue weighted by molar-refractivity contribution is 0.528. The van der Waals surface area contributed by atoms with Gasteiger partial charge >= 0.3 is 0 Å². The van der Waals surface area contributed by atoms with Crippen molar-refractivity contribution in [1.82, 2.24) is 9.71 Å². The van der Waals surface area contributed by atoms with Crippen LogP contribution in [0.25, 0.3) is 0 Å². The third kappa shape index (κ3) is 3.83. The van der Waals surface area contributed by atoms with Gasteiger partial charge in [0.2, 0.25) is 10.0 Å². The molecule has 0 bridgehead atoms. The Balaban J connectivity index is 2.88. The Kier molecular flexibility index (Phi) is 5.37. The molecule has 0 saturated heterocycles. The summed E-state index contributed by atoms with van der Waals surface area (Å²) in [6, 6.07) is 1.39. The fourth-order valence-corrected chi connectivity index (χ4v) is 2.69. The number of nitrogens with one attached hydrogen (secondary N) is 2. The molecule has 102 valence electrons. The summed E-state index contributed by atoms with van der Waals surface area (Å²) in [5.41, 5.74) is 0. The van der Waals surface area contributed by atoms with Gasteiger partial charge in [-0.1, -0.05) is 31.9 Å². The van der Waals surface area contributed by atoms with E-state index in [-0.39, 0.29) is 9.92 Å². The lowest BCUT2D eigenvalue weighted by atomic mass is 10.1. The first-order valence-electron chi connectivity index (χ1n) is 5.73. The Morgan fingerprint density at radius 3 is 2.67 bits per heavy atom. The lowest BCUT2D eigenvalue weighted by Gasteiger charge is -2.11. The number of nitrogens with zero attached hydrogens (tertiary/aromatic N) is 1. The first-order chi connectivity index (χ1) is 8.40. The standard InChI is InChI=1S/C11H18ClN3O2S/c1-4-8(2)6-15-18(16,17)9-5-10(12)11(13-3)14-7-9/h5,7-8,15H,4,6H2,1-3H3,(H,13,14). The predicted octanol–water partition coefficient (Wildman–Crippen LogP) is 2.10. The quantitative estimate of drug-likeness (QED) is 0.842. The van der Waals surface area contributed by atoms with E-state index in [9.17, 15) is 8.42 Å². The van der Waals surface area contributed by atoms with Crippen LogP contribution in [0.4, 0.5) is 5.82 Å². The van der Waals surface area contributed by atoms with E-state index in [0.29, 0.717) is 18.3 Å². The normalized spacial score (nSPS) is 13.3. The summed E-state index contributed by atoms with van der Waals surface area (Å²) in [4.78, 5) is 4.03. The van der Waals surface area contributed by atoms with Crippen molar-refractivity contribution < 1.29 is 8.42 Å². The highest BCUT2D eigenvalue weighted by molar-refractivity contribution is 7.89. The summed E-state index contributed by atoms with van der Waals surface area (Å²) in [6.07, 6.45) is 2.21. The van der Waals surface area contributed by atoms with Gasteiger partial charge in [-0.3, -0.25) is 0 Å². The van der Waals surface area contributed by atoms with Crippen molar-refractivity contribution in [2.45, 2.75) is 25.2 Å². The van der Waals surface area contributed by atoms with Crippen LogP contribution in [0, 0.1) is 5.92 Å². The Labute approximate surface area is 113 Å². The summed E-state index contributed by atoms with van der Waals surface area (Å²) < 4.78 is 26.5. The molecule has 1 aromatic heterocycles. The van der Waals surface area contributed by atoms with Crippen molar-refractivity contribution in [2.24, 2.45) is 5.92 Å². The Morgan fingerprint density at radius 2 is 2.17 bits per heavy atom. The van der Waals surface area contributed by atoms with Gasteiger partial charge in [-0.15, -0.1) is 0 Å². The number of anilines is 1. The molecule has 1 unspecified atom stereocenters.